The van der Waals surface area contributed by atoms with Crippen molar-refractivity contribution in [1.82, 2.24) is 15.2 Å². The van der Waals surface area contributed by atoms with E-state index in [9.17, 15) is 8.42 Å². The maximum Gasteiger partial charge on any atom is 0.234 e. The molecule has 0 radical (unpaired) electrons. The van der Waals surface area contributed by atoms with Gasteiger partial charge in [0.1, 0.15) is 0 Å². The zero-order valence-corrected chi connectivity index (χ0v) is 12.3. The Morgan fingerprint density at radius 2 is 2.15 bits per heavy atom. The maximum absolute atomic E-state index is 12.0. The third kappa shape index (κ3) is 4.06. The molecule has 2 N–H and O–H groups in total. The molecule has 2 aromatic rings. The minimum absolute atomic E-state index is 0.0200. The molecule has 0 aliphatic heterocycles. The van der Waals surface area contributed by atoms with Gasteiger partial charge in [-0.3, -0.25) is 14.8 Å². The van der Waals surface area contributed by atoms with E-state index < -0.39 is 10.0 Å². The standard InChI is InChI=1S/C13H18N4O2S/c1-10(2)12-9-13(16-15-12)17-20(18,19)8-6-11-5-3-4-7-14-11/h3-5,7,9-10H,6,8H2,1-2H3,(H2,15,16,17). The Morgan fingerprint density at radius 3 is 2.75 bits per heavy atom. The maximum atomic E-state index is 12.0. The quantitative estimate of drug-likeness (QED) is 0.852. The lowest BCUT2D eigenvalue weighted by molar-refractivity contribution is 0.600. The summed E-state index contributed by atoms with van der Waals surface area (Å²) >= 11 is 0. The lowest BCUT2D eigenvalue weighted by Crippen LogP contribution is -2.18. The van der Waals surface area contributed by atoms with Gasteiger partial charge in [0.2, 0.25) is 10.0 Å². The van der Waals surface area contributed by atoms with E-state index >= 15 is 0 Å². The van der Waals surface area contributed by atoms with Crippen LogP contribution in [0.15, 0.2) is 30.5 Å². The Morgan fingerprint density at radius 1 is 1.35 bits per heavy atom. The zero-order chi connectivity index (χ0) is 14.6. The number of pyridine rings is 1. The molecular weight excluding hydrogens is 276 g/mol. The van der Waals surface area contributed by atoms with Gasteiger partial charge in [-0.1, -0.05) is 19.9 Å². The monoisotopic (exact) mass is 294 g/mol. The third-order valence-corrected chi connectivity index (χ3v) is 4.09. The molecule has 6 nitrogen and oxygen atoms in total. The Labute approximate surface area is 118 Å². The lowest BCUT2D eigenvalue weighted by Gasteiger charge is -2.04. The molecule has 7 heteroatoms. The van der Waals surface area contributed by atoms with Crippen LogP contribution in [-0.2, 0) is 16.4 Å². The Hall–Kier alpha value is -1.89. The first-order chi connectivity index (χ1) is 9.46. The number of aromatic amines is 1. The topological polar surface area (TPSA) is 87.7 Å². The van der Waals surface area contributed by atoms with Gasteiger partial charge in [-0.2, -0.15) is 5.10 Å². The van der Waals surface area contributed by atoms with Gasteiger partial charge in [0.25, 0.3) is 0 Å². The number of nitrogens with one attached hydrogen (secondary N) is 2. The normalized spacial score (nSPS) is 11.8. The van der Waals surface area contributed by atoms with Gasteiger partial charge < -0.3 is 0 Å². The van der Waals surface area contributed by atoms with E-state index in [1.165, 1.54) is 0 Å². The van der Waals surface area contributed by atoms with E-state index in [1.54, 1.807) is 24.4 Å². The number of H-pyrrole nitrogens is 1. The molecule has 0 saturated carbocycles. The average molecular weight is 294 g/mol. The molecule has 2 heterocycles. The van der Waals surface area contributed by atoms with E-state index in [0.717, 1.165) is 11.4 Å². The van der Waals surface area contributed by atoms with Gasteiger partial charge in [-0.05, 0) is 18.1 Å². The van der Waals surface area contributed by atoms with Crippen LogP contribution in [0, 0.1) is 0 Å². The Kier molecular flexibility index (Phi) is 4.39. The summed E-state index contributed by atoms with van der Waals surface area (Å²) in [5.74, 6) is 0.581. The zero-order valence-electron chi connectivity index (χ0n) is 11.5. The fraction of sp³-hybridized carbons (Fsp3) is 0.385. The van der Waals surface area contributed by atoms with Crippen molar-refractivity contribution < 1.29 is 8.42 Å². The van der Waals surface area contributed by atoms with Gasteiger partial charge in [0.05, 0.1) is 5.75 Å². The van der Waals surface area contributed by atoms with Crippen molar-refractivity contribution in [2.75, 3.05) is 10.5 Å². The molecule has 2 rings (SSSR count). The van der Waals surface area contributed by atoms with E-state index in [1.807, 2.05) is 19.9 Å². The summed E-state index contributed by atoms with van der Waals surface area (Å²) < 4.78 is 26.4. The third-order valence-electron chi connectivity index (χ3n) is 2.83. The van der Waals surface area contributed by atoms with E-state index in [4.69, 9.17) is 0 Å². The number of aromatic nitrogens is 3. The second kappa shape index (κ2) is 6.04. The molecule has 0 fully saturated rings. The molecular formula is C13H18N4O2S. The summed E-state index contributed by atoms with van der Waals surface area (Å²) in [5, 5.41) is 6.76. The van der Waals surface area contributed by atoms with Gasteiger partial charge in [0.15, 0.2) is 5.82 Å². The molecule has 0 aliphatic carbocycles. The summed E-state index contributed by atoms with van der Waals surface area (Å²) in [6.45, 7) is 4.01. The Bertz CT molecular complexity index is 650. The number of hydrogen-bond donors (Lipinski definition) is 2. The van der Waals surface area contributed by atoms with Crippen LogP contribution in [-0.4, -0.2) is 29.4 Å². The number of aryl methyl sites for hydroxylation is 1. The minimum atomic E-state index is -3.42. The second-order valence-electron chi connectivity index (χ2n) is 4.86. The number of nitrogens with zero attached hydrogens (tertiary/aromatic N) is 2. The smallest absolute Gasteiger partial charge is 0.234 e. The van der Waals surface area contributed by atoms with E-state index in [0.29, 0.717) is 12.2 Å². The first-order valence-electron chi connectivity index (χ1n) is 6.42. The number of sulfonamides is 1. The first-order valence-corrected chi connectivity index (χ1v) is 8.07. The van der Waals surface area contributed by atoms with E-state index in [-0.39, 0.29) is 11.7 Å². The van der Waals surface area contributed by atoms with Gasteiger partial charge in [-0.25, -0.2) is 8.42 Å². The highest BCUT2D eigenvalue weighted by Gasteiger charge is 2.14. The number of rotatable bonds is 6. The molecule has 0 unspecified atom stereocenters. The van der Waals surface area contributed by atoms with Crippen molar-refractivity contribution >= 4 is 15.8 Å². The molecule has 0 aromatic carbocycles. The van der Waals surface area contributed by atoms with Crippen LogP contribution in [0.2, 0.25) is 0 Å². The SMILES string of the molecule is CC(C)c1cc(NS(=O)(=O)CCc2ccccn2)n[nH]1. The van der Waals surface area contributed by atoms with Crippen molar-refractivity contribution in [2.45, 2.75) is 26.2 Å². The van der Waals surface area contributed by atoms with Gasteiger partial charge in [-0.15, -0.1) is 0 Å². The molecule has 2 aromatic heterocycles. The van der Waals surface area contributed by atoms with Crippen LogP contribution in [0.4, 0.5) is 5.82 Å². The molecule has 0 aliphatic rings. The second-order valence-corrected chi connectivity index (χ2v) is 6.70. The molecule has 0 spiro atoms. The highest BCUT2D eigenvalue weighted by Crippen LogP contribution is 2.15. The summed E-state index contributed by atoms with van der Waals surface area (Å²) in [5.41, 5.74) is 1.65. The van der Waals surface area contributed by atoms with Crippen LogP contribution in [0.3, 0.4) is 0 Å². The molecule has 20 heavy (non-hydrogen) atoms. The van der Waals surface area contributed by atoms with Gasteiger partial charge in [0, 0.05) is 30.1 Å². The van der Waals surface area contributed by atoms with Crippen LogP contribution >= 0.6 is 0 Å². The van der Waals surface area contributed by atoms with Crippen LogP contribution in [0.1, 0.15) is 31.2 Å². The molecule has 0 atom stereocenters. The molecule has 108 valence electrons. The largest absolute Gasteiger partial charge is 0.280 e. The molecule has 0 saturated heterocycles. The van der Waals surface area contributed by atoms with Crippen molar-refractivity contribution in [2.24, 2.45) is 0 Å². The van der Waals surface area contributed by atoms with Gasteiger partial charge >= 0.3 is 0 Å². The van der Waals surface area contributed by atoms with E-state index in [2.05, 4.69) is 19.9 Å². The highest BCUT2D eigenvalue weighted by atomic mass is 32.2. The van der Waals surface area contributed by atoms with Crippen molar-refractivity contribution in [3.63, 3.8) is 0 Å². The first kappa shape index (κ1) is 14.5. The minimum Gasteiger partial charge on any atom is -0.280 e. The summed E-state index contributed by atoms with van der Waals surface area (Å²) in [6, 6.07) is 7.16. The molecule has 0 amide bonds. The van der Waals surface area contributed by atoms with Crippen LogP contribution in [0.5, 0.6) is 0 Å². The Balaban J connectivity index is 1.96. The fourth-order valence-electron chi connectivity index (χ4n) is 1.68. The van der Waals surface area contributed by atoms with Crippen molar-refractivity contribution in [3.05, 3.63) is 41.9 Å². The predicted octanol–water partition coefficient (Wildman–Crippen LogP) is 1.91. The van der Waals surface area contributed by atoms with Crippen molar-refractivity contribution in [3.8, 4) is 0 Å². The number of anilines is 1. The summed E-state index contributed by atoms with van der Waals surface area (Å²) in [4.78, 5) is 4.10. The van der Waals surface area contributed by atoms with Crippen molar-refractivity contribution in [1.29, 1.82) is 0 Å². The highest BCUT2D eigenvalue weighted by molar-refractivity contribution is 7.92. The molecule has 0 bridgehead atoms. The van der Waals surface area contributed by atoms with Crippen LogP contribution < -0.4 is 4.72 Å². The summed E-state index contributed by atoms with van der Waals surface area (Å²) in [6.07, 6.45) is 2.02. The number of hydrogen-bond acceptors (Lipinski definition) is 4. The lowest BCUT2D eigenvalue weighted by atomic mass is 10.1. The average Bonchev–Trinajstić information content (AvgIpc) is 2.86. The fourth-order valence-corrected chi connectivity index (χ4v) is 2.68. The predicted molar refractivity (Wildman–Crippen MR) is 78.0 cm³/mol. The summed E-state index contributed by atoms with van der Waals surface area (Å²) in [7, 11) is -3.42. The van der Waals surface area contributed by atoms with Crippen LogP contribution in [0.25, 0.3) is 0 Å².